The molecule has 1 aliphatic rings. The van der Waals surface area contributed by atoms with E-state index in [1.807, 2.05) is 13.8 Å². The van der Waals surface area contributed by atoms with E-state index in [9.17, 15) is 19.1 Å². The van der Waals surface area contributed by atoms with E-state index in [0.717, 1.165) is 0 Å². The van der Waals surface area contributed by atoms with Crippen LogP contribution in [0, 0.1) is 11.7 Å². The second kappa shape index (κ2) is 6.87. The molecule has 0 bridgehead atoms. The number of carbonyl (C=O) groups excluding carboxylic acids is 2. The zero-order chi connectivity index (χ0) is 16.3. The number of carbonyl (C=O) groups is 2. The molecule has 5 nitrogen and oxygen atoms in total. The van der Waals surface area contributed by atoms with Crippen LogP contribution in [-0.4, -0.2) is 29.6 Å². The standard InChI is InChI=1S/C16H21FN2O3/c1-9(2)5-11(8-20)18-16(22)13-7-15(21)19-14-6-10(17)3-4-12(13)14/h3-4,6,9,11,13,20H,5,7-8H2,1-2H3,(H,18,22)(H,19,21). The first kappa shape index (κ1) is 16.4. The van der Waals surface area contributed by atoms with Gasteiger partial charge in [0.2, 0.25) is 11.8 Å². The molecule has 0 aliphatic carbocycles. The average Bonchev–Trinajstić information content (AvgIpc) is 2.44. The van der Waals surface area contributed by atoms with Crippen LogP contribution in [-0.2, 0) is 9.59 Å². The molecule has 1 aromatic carbocycles. The summed E-state index contributed by atoms with van der Waals surface area (Å²) in [5.41, 5.74) is 0.931. The van der Waals surface area contributed by atoms with Gasteiger partial charge in [0.05, 0.1) is 18.6 Å². The topological polar surface area (TPSA) is 78.4 Å². The van der Waals surface area contributed by atoms with E-state index < -0.39 is 11.7 Å². The number of aliphatic hydroxyl groups excluding tert-OH is 1. The van der Waals surface area contributed by atoms with Crippen molar-refractivity contribution in [2.75, 3.05) is 11.9 Å². The van der Waals surface area contributed by atoms with Crippen LogP contribution in [0.4, 0.5) is 10.1 Å². The van der Waals surface area contributed by atoms with Gasteiger partial charge < -0.3 is 15.7 Å². The highest BCUT2D eigenvalue weighted by Crippen LogP contribution is 2.33. The minimum absolute atomic E-state index is 0.0181. The van der Waals surface area contributed by atoms with Gasteiger partial charge in [0.15, 0.2) is 0 Å². The smallest absolute Gasteiger partial charge is 0.228 e. The van der Waals surface area contributed by atoms with Crippen LogP contribution in [0.1, 0.15) is 38.2 Å². The normalized spacial score (nSPS) is 18.6. The summed E-state index contributed by atoms with van der Waals surface area (Å²) in [4.78, 5) is 24.2. The molecule has 1 aliphatic heterocycles. The lowest BCUT2D eigenvalue weighted by Crippen LogP contribution is -2.43. The van der Waals surface area contributed by atoms with Gasteiger partial charge in [-0.3, -0.25) is 9.59 Å². The quantitative estimate of drug-likeness (QED) is 0.776. The van der Waals surface area contributed by atoms with Crippen molar-refractivity contribution in [3.8, 4) is 0 Å². The summed E-state index contributed by atoms with van der Waals surface area (Å²) in [7, 11) is 0. The highest BCUT2D eigenvalue weighted by molar-refractivity contribution is 6.01. The lowest BCUT2D eigenvalue weighted by Gasteiger charge is -2.27. The van der Waals surface area contributed by atoms with Crippen LogP contribution in [0.25, 0.3) is 0 Å². The Morgan fingerprint density at radius 2 is 2.23 bits per heavy atom. The van der Waals surface area contributed by atoms with Crippen molar-refractivity contribution in [3.63, 3.8) is 0 Å². The molecule has 2 unspecified atom stereocenters. The van der Waals surface area contributed by atoms with Crippen LogP contribution in [0.2, 0.25) is 0 Å². The Balaban J connectivity index is 2.18. The molecular weight excluding hydrogens is 287 g/mol. The Hall–Kier alpha value is -1.95. The van der Waals surface area contributed by atoms with Crippen LogP contribution in [0.5, 0.6) is 0 Å². The van der Waals surface area contributed by atoms with Gasteiger partial charge in [-0.05, 0) is 30.0 Å². The van der Waals surface area contributed by atoms with Crippen molar-refractivity contribution < 1.29 is 19.1 Å². The number of rotatable bonds is 5. The van der Waals surface area contributed by atoms with Gasteiger partial charge in [-0.1, -0.05) is 19.9 Å². The maximum atomic E-state index is 13.3. The van der Waals surface area contributed by atoms with E-state index in [4.69, 9.17) is 0 Å². The van der Waals surface area contributed by atoms with Crippen LogP contribution in [0.15, 0.2) is 18.2 Å². The Morgan fingerprint density at radius 1 is 1.50 bits per heavy atom. The van der Waals surface area contributed by atoms with Gasteiger partial charge in [0.25, 0.3) is 0 Å². The highest BCUT2D eigenvalue weighted by Gasteiger charge is 2.31. The lowest BCUT2D eigenvalue weighted by molar-refractivity contribution is -0.127. The molecule has 0 aromatic heterocycles. The third kappa shape index (κ3) is 3.82. The van der Waals surface area contributed by atoms with Gasteiger partial charge in [0, 0.05) is 12.1 Å². The number of nitrogens with one attached hydrogen (secondary N) is 2. The molecule has 0 fully saturated rings. The summed E-state index contributed by atoms with van der Waals surface area (Å²) in [6, 6.07) is 3.66. The first-order chi connectivity index (χ1) is 10.4. The third-order valence-electron chi connectivity index (χ3n) is 3.69. The van der Waals surface area contributed by atoms with Crippen LogP contribution in [0.3, 0.4) is 0 Å². The van der Waals surface area contributed by atoms with Crippen molar-refractivity contribution in [1.29, 1.82) is 0 Å². The Bertz CT molecular complexity index is 575. The molecule has 0 saturated carbocycles. The molecule has 2 rings (SSSR count). The average molecular weight is 308 g/mol. The molecule has 2 atom stereocenters. The Morgan fingerprint density at radius 3 is 2.86 bits per heavy atom. The van der Waals surface area contributed by atoms with Crippen molar-refractivity contribution in [2.24, 2.45) is 5.92 Å². The molecule has 3 N–H and O–H groups in total. The molecule has 22 heavy (non-hydrogen) atoms. The number of hydrogen-bond donors (Lipinski definition) is 3. The lowest BCUT2D eigenvalue weighted by atomic mass is 9.89. The number of benzene rings is 1. The first-order valence-electron chi connectivity index (χ1n) is 7.41. The van der Waals surface area contributed by atoms with Crippen molar-refractivity contribution in [3.05, 3.63) is 29.6 Å². The highest BCUT2D eigenvalue weighted by atomic mass is 19.1. The first-order valence-corrected chi connectivity index (χ1v) is 7.41. The molecule has 0 saturated heterocycles. The van der Waals surface area contributed by atoms with E-state index in [1.165, 1.54) is 18.2 Å². The fourth-order valence-electron chi connectivity index (χ4n) is 2.72. The fraction of sp³-hybridized carbons (Fsp3) is 0.500. The molecule has 0 spiro atoms. The van der Waals surface area contributed by atoms with E-state index in [-0.39, 0.29) is 30.9 Å². The molecule has 120 valence electrons. The number of aliphatic hydroxyl groups is 1. The van der Waals surface area contributed by atoms with Gasteiger partial charge in [0.1, 0.15) is 5.82 Å². The van der Waals surface area contributed by atoms with Gasteiger partial charge in [-0.25, -0.2) is 4.39 Å². The number of amides is 2. The van der Waals surface area contributed by atoms with E-state index >= 15 is 0 Å². The van der Waals surface area contributed by atoms with E-state index in [1.54, 1.807) is 0 Å². The van der Waals surface area contributed by atoms with E-state index in [2.05, 4.69) is 10.6 Å². The SMILES string of the molecule is CC(C)CC(CO)NC(=O)C1CC(=O)Nc2cc(F)ccc21. The second-order valence-electron chi connectivity index (χ2n) is 6.05. The summed E-state index contributed by atoms with van der Waals surface area (Å²) in [5.74, 6) is -1.43. The maximum absolute atomic E-state index is 13.3. The Kier molecular flexibility index (Phi) is 5.13. The van der Waals surface area contributed by atoms with Crippen molar-refractivity contribution >= 4 is 17.5 Å². The molecule has 6 heteroatoms. The molecule has 1 aromatic rings. The predicted molar refractivity (Wildman–Crippen MR) is 80.9 cm³/mol. The summed E-state index contributed by atoms with van der Waals surface area (Å²) >= 11 is 0. The molecular formula is C16H21FN2O3. The number of halogens is 1. The zero-order valence-electron chi connectivity index (χ0n) is 12.7. The number of anilines is 1. The van der Waals surface area contributed by atoms with Crippen molar-refractivity contribution in [2.45, 2.75) is 38.6 Å². The zero-order valence-corrected chi connectivity index (χ0v) is 12.7. The third-order valence-corrected chi connectivity index (χ3v) is 3.69. The van der Waals surface area contributed by atoms with Gasteiger partial charge in [-0.15, -0.1) is 0 Å². The summed E-state index contributed by atoms with van der Waals surface area (Å²) in [6.45, 7) is 3.85. The number of fused-ring (bicyclic) bond motifs is 1. The Labute approximate surface area is 128 Å². The molecule has 0 radical (unpaired) electrons. The predicted octanol–water partition coefficient (Wildman–Crippen LogP) is 1.77. The summed E-state index contributed by atoms with van der Waals surface area (Å²) in [6.07, 6.45) is 0.668. The van der Waals surface area contributed by atoms with Gasteiger partial charge >= 0.3 is 0 Å². The monoisotopic (exact) mass is 308 g/mol. The molecule has 1 heterocycles. The summed E-state index contributed by atoms with van der Waals surface area (Å²) in [5, 5.41) is 14.7. The van der Waals surface area contributed by atoms with E-state index in [0.29, 0.717) is 23.6 Å². The minimum atomic E-state index is -0.662. The van der Waals surface area contributed by atoms with Crippen LogP contribution >= 0.6 is 0 Å². The summed E-state index contributed by atoms with van der Waals surface area (Å²) < 4.78 is 13.3. The number of hydrogen-bond acceptors (Lipinski definition) is 3. The minimum Gasteiger partial charge on any atom is -0.394 e. The maximum Gasteiger partial charge on any atom is 0.228 e. The van der Waals surface area contributed by atoms with Gasteiger partial charge in [-0.2, -0.15) is 0 Å². The van der Waals surface area contributed by atoms with Crippen LogP contribution < -0.4 is 10.6 Å². The fourth-order valence-corrected chi connectivity index (χ4v) is 2.72. The largest absolute Gasteiger partial charge is 0.394 e. The van der Waals surface area contributed by atoms with Crippen molar-refractivity contribution in [1.82, 2.24) is 5.32 Å². The molecule has 2 amide bonds. The second-order valence-corrected chi connectivity index (χ2v) is 6.05.